The minimum absolute atomic E-state index is 0.0206. The standard InChI is InChI=1S/C13H18N2O2S/c1-10(16)14-5-6-15-7-8-18-13-4-3-11(17-2)9-12(13)15/h3-4,9H,5-8H2,1-2H3,(H,14,16). The van der Waals surface area contributed by atoms with Crippen LogP contribution in [0.25, 0.3) is 0 Å². The van der Waals surface area contributed by atoms with Gasteiger partial charge in [0.05, 0.1) is 12.8 Å². The first-order chi connectivity index (χ1) is 8.70. The molecule has 0 aliphatic carbocycles. The van der Waals surface area contributed by atoms with Crippen molar-refractivity contribution < 1.29 is 9.53 Å². The molecule has 1 N–H and O–H groups in total. The lowest BCUT2D eigenvalue weighted by atomic mass is 10.2. The zero-order valence-electron chi connectivity index (χ0n) is 10.7. The van der Waals surface area contributed by atoms with Crippen molar-refractivity contribution in [2.75, 3.05) is 37.4 Å². The van der Waals surface area contributed by atoms with E-state index in [1.54, 1.807) is 14.0 Å². The number of thioether (sulfide) groups is 1. The average molecular weight is 266 g/mol. The third kappa shape index (κ3) is 3.10. The van der Waals surface area contributed by atoms with Crippen LogP contribution in [0.1, 0.15) is 6.92 Å². The molecule has 1 aliphatic rings. The predicted octanol–water partition coefficient (Wildman–Crippen LogP) is 1.74. The third-order valence-corrected chi connectivity index (χ3v) is 3.92. The van der Waals surface area contributed by atoms with Crippen LogP contribution in [-0.4, -0.2) is 38.4 Å². The maximum absolute atomic E-state index is 10.9. The highest BCUT2D eigenvalue weighted by Crippen LogP contribution is 2.36. The molecule has 0 saturated heterocycles. The van der Waals surface area contributed by atoms with E-state index in [1.165, 1.54) is 10.6 Å². The summed E-state index contributed by atoms with van der Waals surface area (Å²) in [5.74, 6) is 1.98. The molecule has 1 aliphatic heterocycles. The van der Waals surface area contributed by atoms with Gasteiger partial charge in [-0.25, -0.2) is 0 Å². The van der Waals surface area contributed by atoms with E-state index in [4.69, 9.17) is 4.74 Å². The second kappa shape index (κ2) is 6.00. The summed E-state index contributed by atoms with van der Waals surface area (Å²) in [4.78, 5) is 14.5. The quantitative estimate of drug-likeness (QED) is 0.901. The Morgan fingerprint density at radius 3 is 3.11 bits per heavy atom. The number of ether oxygens (including phenoxy) is 1. The minimum Gasteiger partial charge on any atom is -0.497 e. The number of benzene rings is 1. The summed E-state index contributed by atoms with van der Waals surface area (Å²) in [6, 6.07) is 6.15. The fourth-order valence-corrected chi connectivity index (χ4v) is 3.01. The molecule has 98 valence electrons. The second-order valence-corrected chi connectivity index (χ2v) is 5.29. The van der Waals surface area contributed by atoms with Crippen LogP contribution < -0.4 is 15.0 Å². The molecule has 18 heavy (non-hydrogen) atoms. The summed E-state index contributed by atoms with van der Waals surface area (Å²) >= 11 is 1.87. The van der Waals surface area contributed by atoms with Crippen molar-refractivity contribution in [1.82, 2.24) is 5.32 Å². The molecule has 4 nitrogen and oxygen atoms in total. The van der Waals surface area contributed by atoms with E-state index in [1.807, 2.05) is 17.8 Å². The van der Waals surface area contributed by atoms with Gasteiger partial charge in [-0.3, -0.25) is 4.79 Å². The van der Waals surface area contributed by atoms with Crippen molar-refractivity contribution in [3.8, 4) is 5.75 Å². The number of rotatable bonds is 4. The number of hydrogen-bond acceptors (Lipinski definition) is 4. The topological polar surface area (TPSA) is 41.6 Å². The van der Waals surface area contributed by atoms with E-state index in [0.717, 1.165) is 24.6 Å². The Hall–Kier alpha value is -1.36. The van der Waals surface area contributed by atoms with Gasteiger partial charge in [0.1, 0.15) is 5.75 Å². The average Bonchev–Trinajstić information content (AvgIpc) is 2.38. The molecule has 0 unspecified atom stereocenters. The van der Waals surface area contributed by atoms with E-state index >= 15 is 0 Å². The molecule has 2 rings (SSSR count). The largest absolute Gasteiger partial charge is 0.497 e. The summed E-state index contributed by atoms with van der Waals surface area (Å²) in [5, 5.41) is 2.83. The molecule has 5 heteroatoms. The summed E-state index contributed by atoms with van der Waals surface area (Å²) < 4.78 is 5.27. The van der Waals surface area contributed by atoms with Gasteiger partial charge in [0.15, 0.2) is 0 Å². The number of methoxy groups -OCH3 is 1. The number of nitrogens with zero attached hydrogens (tertiary/aromatic N) is 1. The molecule has 1 heterocycles. The van der Waals surface area contributed by atoms with Crippen molar-refractivity contribution in [2.24, 2.45) is 0 Å². The Bertz CT molecular complexity index is 437. The van der Waals surface area contributed by atoms with E-state index < -0.39 is 0 Å². The van der Waals surface area contributed by atoms with Gasteiger partial charge in [0.25, 0.3) is 0 Å². The van der Waals surface area contributed by atoms with E-state index in [2.05, 4.69) is 22.3 Å². The number of anilines is 1. The number of fused-ring (bicyclic) bond motifs is 1. The predicted molar refractivity (Wildman–Crippen MR) is 74.6 cm³/mol. The first kappa shape index (κ1) is 13.1. The molecule has 0 radical (unpaired) electrons. The van der Waals surface area contributed by atoms with Crippen molar-refractivity contribution in [2.45, 2.75) is 11.8 Å². The molecule has 0 atom stereocenters. The Morgan fingerprint density at radius 2 is 2.39 bits per heavy atom. The summed E-state index contributed by atoms with van der Waals surface area (Å²) in [5.41, 5.74) is 1.20. The molecule has 0 fully saturated rings. The van der Waals surface area contributed by atoms with Gasteiger partial charge in [0.2, 0.25) is 5.91 Å². The van der Waals surface area contributed by atoms with Crippen LogP contribution in [0.3, 0.4) is 0 Å². The molecular weight excluding hydrogens is 248 g/mol. The smallest absolute Gasteiger partial charge is 0.216 e. The first-order valence-electron chi connectivity index (χ1n) is 6.01. The number of carbonyl (C=O) groups excluding carboxylic acids is 1. The summed E-state index contributed by atoms with van der Waals surface area (Å²) in [6.07, 6.45) is 0. The van der Waals surface area contributed by atoms with Gasteiger partial charge >= 0.3 is 0 Å². The van der Waals surface area contributed by atoms with Crippen LogP contribution in [0.5, 0.6) is 5.75 Å². The van der Waals surface area contributed by atoms with Crippen molar-refractivity contribution in [3.63, 3.8) is 0 Å². The lowest BCUT2D eigenvalue weighted by molar-refractivity contribution is -0.118. The van der Waals surface area contributed by atoms with Crippen LogP contribution in [0.4, 0.5) is 5.69 Å². The molecule has 0 spiro atoms. The van der Waals surface area contributed by atoms with Crippen molar-refractivity contribution in [1.29, 1.82) is 0 Å². The molecule has 0 saturated carbocycles. The fourth-order valence-electron chi connectivity index (χ4n) is 1.98. The number of nitrogens with one attached hydrogen (secondary N) is 1. The highest BCUT2D eigenvalue weighted by atomic mass is 32.2. The molecular formula is C13H18N2O2S. The van der Waals surface area contributed by atoms with Crippen molar-refractivity contribution in [3.05, 3.63) is 18.2 Å². The number of amides is 1. The molecule has 1 amide bonds. The van der Waals surface area contributed by atoms with Gasteiger partial charge in [-0.05, 0) is 12.1 Å². The molecule has 0 aromatic heterocycles. The SMILES string of the molecule is COc1ccc2c(c1)N(CCNC(C)=O)CCS2. The maximum atomic E-state index is 10.9. The van der Waals surface area contributed by atoms with Gasteiger partial charge in [-0.15, -0.1) is 11.8 Å². The highest BCUT2D eigenvalue weighted by Gasteiger charge is 2.17. The Balaban J connectivity index is 2.08. The second-order valence-electron chi connectivity index (χ2n) is 4.15. The Labute approximate surface area is 112 Å². The lowest BCUT2D eigenvalue weighted by Gasteiger charge is -2.31. The zero-order valence-corrected chi connectivity index (χ0v) is 11.5. The van der Waals surface area contributed by atoms with Gasteiger partial charge in [-0.1, -0.05) is 0 Å². The normalized spacial score (nSPS) is 14.0. The highest BCUT2D eigenvalue weighted by molar-refractivity contribution is 7.99. The summed E-state index contributed by atoms with van der Waals surface area (Å²) in [6.45, 7) is 4.06. The van der Waals surface area contributed by atoms with Crippen LogP contribution in [0.15, 0.2) is 23.1 Å². The molecule has 1 aromatic rings. The van der Waals surface area contributed by atoms with Gasteiger partial charge in [0, 0.05) is 43.3 Å². The van der Waals surface area contributed by atoms with Gasteiger partial charge < -0.3 is 15.0 Å². The van der Waals surface area contributed by atoms with Crippen LogP contribution in [0, 0.1) is 0 Å². The van der Waals surface area contributed by atoms with E-state index in [0.29, 0.717) is 6.54 Å². The number of hydrogen-bond donors (Lipinski definition) is 1. The first-order valence-corrected chi connectivity index (χ1v) is 6.99. The number of carbonyl (C=O) groups is 1. The maximum Gasteiger partial charge on any atom is 0.216 e. The van der Waals surface area contributed by atoms with Crippen LogP contribution in [-0.2, 0) is 4.79 Å². The summed E-state index contributed by atoms with van der Waals surface area (Å²) in [7, 11) is 1.68. The van der Waals surface area contributed by atoms with Crippen LogP contribution >= 0.6 is 11.8 Å². The van der Waals surface area contributed by atoms with Gasteiger partial charge in [-0.2, -0.15) is 0 Å². The van der Waals surface area contributed by atoms with E-state index in [9.17, 15) is 4.79 Å². The minimum atomic E-state index is 0.0206. The third-order valence-electron chi connectivity index (χ3n) is 2.88. The van der Waals surface area contributed by atoms with Crippen molar-refractivity contribution >= 4 is 23.4 Å². The Kier molecular flexibility index (Phi) is 4.36. The lowest BCUT2D eigenvalue weighted by Crippen LogP contribution is -2.36. The fraction of sp³-hybridized carbons (Fsp3) is 0.462. The van der Waals surface area contributed by atoms with E-state index in [-0.39, 0.29) is 5.91 Å². The zero-order chi connectivity index (χ0) is 13.0. The van der Waals surface area contributed by atoms with Crippen LogP contribution in [0.2, 0.25) is 0 Å². The molecule has 0 bridgehead atoms. The molecule has 1 aromatic carbocycles. The monoisotopic (exact) mass is 266 g/mol. The Morgan fingerprint density at radius 1 is 1.56 bits per heavy atom.